The van der Waals surface area contributed by atoms with E-state index in [0.717, 1.165) is 0 Å². The molecular weight excluding hydrogens is 316 g/mol. The van der Waals surface area contributed by atoms with Crippen LogP contribution in [0.2, 0.25) is 0 Å². The van der Waals surface area contributed by atoms with Crippen molar-refractivity contribution in [2.75, 3.05) is 0 Å². The van der Waals surface area contributed by atoms with Crippen molar-refractivity contribution in [3.05, 3.63) is 78.7 Å². The fourth-order valence-corrected chi connectivity index (χ4v) is 2.09. The molecule has 8 heteroatoms. The van der Waals surface area contributed by atoms with Crippen molar-refractivity contribution >= 4 is 12.2 Å². The number of rotatable bonds is 4. The van der Waals surface area contributed by atoms with E-state index in [1.165, 1.54) is 12.2 Å². The Morgan fingerprint density at radius 1 is 0.792 bits per heavy atom. The van der Waals surface area contributed by atoms with Crippen molar-refractivity contribution in [3.63, 3.8) is 0 Å². The Morgan fingerprint density at radius 3 is 1.54 bits per heavy atom. The minimum Gasteiger partial charge on any atom is -0.459 e. The normalized spacial score (nSPS) is 12.9. The molecule has 0 spiro atoms. The van der Waals surface area contributed by atoms with Gasteiger partial charge in [-0.25, -0.2) is 0 Å². The first kappa shape index (κ1) is 15.8. The van der Waals surface area contributed by atoms with Gasteiger partial charge in [0, 0.05) is 12.2 Å². The number of nitrogens with one attached hydrogen (secondary N) is 2. The number of aromatic amines is 2. The third-order valence-corrected chi connectivity index (χ3v) is 3.24. The van der Waals surface area contributed by atoms with E-state index < -0.39 is 11.1 Å². The summed E-state index contributed by atoms with van der Waals surface area (Å²) in [6.07, 6.45) is 2.72. The van der Waals surface area contributed by atoms with Crippen LogP contribution in [-0.2, 0) is 13.2 Å². The summed E-state index contributed by atoms with van der Waals surface area (Å²) < 4.78 is 10.5. The van der Waals surface area contributed by atoms with Crippen molar-refractivity contribution in [2.45, 2.75) is 13.2 Å². The zero-order chi connectivity index (χ0) is 17.1. The fraction of sp³-hybridized carbons (Fsp3) is 0.125. The Hall–Kier alpha value is -3.10. The van der Waals surface area contributed by atoms with Crippen molar-refractivity contribution in [3.8, 4) is 0 Å². The quantitative estimate of drug-likeness (QED) is 0.480. The Morgan fingerprint density at radius 2 is 1.21 bits per heavy atom. The smallest absolute Gasteiger partial charge is 0.272 e. The maximum Gasteiger partial charge on any atom is 0.272 e. The Kier molecular flexibility index (Phi) is 4.32. The molecule has 24 heavy (non-hydrogen) atoms. The van der Waals surface area contributed by atoms with E-state index in [9.17, 15) is 9.59 Å². The van der Waals surface area contributed by atoms with Crippen molar-refractivity contribution in [2.24, 2.45) is 0 Å². The molecule has 124 valence electrons. The van der Waals surface area contributed by atoms with Crippen LogP contribution in [-0.4, -0.2) is 20.2 Å². The predicted molar refractivity (Wildman–Crippen MR) is 83.3 cm³/mol. The van der Waals surface area contributed by atoms with Gasteiger partial charge in [-0.15, -0.1) is 0 Å². The van der Waals surface area contributed by atoms with E-state index in [2.05, 4.69) is 9.97 Å². The summed E-state index contributed by atoms with van der Waals surface area (Å²) in [5.74, 6) is 1.36. The van der Waals surface area contributed by atoms with Gasteiger partial charge >= 0.3 is 0 Å². The fourth-order valence-electron chi connectivity index (χ4n) is 2.09. The van der Waals surface area contributed by atoms with Crippen LogP contribution in [0.3, 0.4) is 0 Å². The van der Waals surface area contributed by atoms with Crippen LogP contribution in [0.25, 0.3) is 12.2 Å². The highest BCUT2D eigenvalue weighted by atomic mass is 16.4. The highest BCUT2D eigenvalue weighted by Crippen LogP contribution is 2.08. The molecule has 0 unspecified atom stereocenters. The molecule has 3 heterocycles. The molecule has 3 aromatic heterocycles. The third kappa shape index (κ3) is 3.29. The van der Waals surface area contributed by atoms with Gasteiger partial charge in [-0.1, -0.05) is 0 Å². The molecule has 0 aromatic carbocycles. The molecule has 0 aliphatic rings. The average Bonchev–Trinajstić information content (AvgIpc) is 3.21. The minimum absolute atomic E-state index is 0.0199. The molecule has 4 N–H and O–H groups in total. The second-order valence-corrected chi connectivity index (χ2v) is 4.95. The predicted octanol–water partition coefficient (Wildman–Crippen LogP) is -1.11. The standard InChI is InChI=1S/C16H14N2O6/c19-7-11-3-1-9(23-11)5-13-15(21)18-14(16(22)17-13)6-10-2-4-12(8-20)24-10/h1-6,19-20H,7-8H2,(H,17,22)(H,18,21)/b13-5-,14-6?. The van der Waals surface area contributed by atoms with Gasteiger partial charge in [0.15, 0.2) is 0 Å². The van der Waals surface area contributed by atoms with Crippen LogP contribution in [0.5, 0.6) is 0 Å². The number of aliphatic hydroxyl groups excluding tert-OH is 2. The van der Waals surface area contributed by atoms with Gasteiger partial charge < -0.3 is 29.0 Å². The van der Waals surface area contributed by atoms with Gasteiger partial charge in [-0.05, 0) is 24.3 Å². The topological polar surface area (TPSA) is 132 Å². The van der Waals surface area contributed by atoms with Gasteiger partial charge in [0.2, 0.25) is 0 Å². The molecule has 3 aromatic rings. The summed E-state index contributed by atoms with van der Waals surface area (Å²) >= 11 is 0. The van der Waals surface area contributed by atoms with Crippen molar-refractivity contribution in [1.82, 2.24) is 9.97 Å². The zero-order valence-corrected chi connectivity index (χ0v) is 12.4. The number of hydrogen-bond acceptors (Lipinski definition) is 6. The molecule has 0 radical (unpaired) electrons. The summed E-state index contributed by atoms with van der Waals surface area (Å²) in [7, 11) is 0. The molecule has 0 saturated carbocycles. The first-order valence-electron chi connectivity index (χ1n) is 7.04. The molecule has 0 fully saturated rings. The maximum atomic E-state index is 12.1. The highest BCUT2D eigenvalue weighted by Gasteiger charge is 2.02. The van der Waals surface area contributed by atoms with E-state index in [0.29, 0.717) is 23.0 Å². The van der Waals surface area contributed by atoms with Gasteiger partial charge in [-0.3, -0.25) is 9.59 Å². The molecule has 0 saturated heterocycles. The second-order valence-electron chi connectivity index (χ2n) is 4.95. The lowest BCUT2D eigenvalue weighted by molar-refractivity contribution is 0.246. The number of furan rings is 2. The summed E-state index contributed by atoms with van der Waals surface area (Å²) in [6.45, 7) is -0.513. The van der Waals surface area contributed by atoms with Gasteiger partial charge in [0.1, 0.15) is 47.0 Å². The zero-order valence-electron chi connectivity index (χ0n) is 12.4. The molecule has 3 rings (SSSR count). The monoisotopic (exact) mass is 330 g/mol. The van der Waals surface area contributed by atoms with E-state index in [1.54, 1.807) is 24.3 Å². The molecule has 0 aliphatic heterocycles. The molecule has 0 bridgehead atoms. The SMILES string of the molecule is O=c1[nH]/c(=C\c2ccc(CO)o2)c(=O)[nH]c1=Cc1ccc(CO)o1. The Bertz CT molecular complexity index is 995. The van der Waals surface area contributed by atoms with Crippen LogP contribution in [0, 0.1) is 0 Å². The van der Waals surface area contributed by atoms with Crippen LogP contribution in [0.15, 0.2) is 42.7 Å². The summed E-state index contributed by atoms with van der Waals surface area (Å²) in [5, 5.41) is 17.9. The van der Waals surface area contributed by atoms with Gasteiger partial charge in [0.05, 0.1) is 0 Å². The number of hydrogen-bond donors (Lipinski definition) is 4. The van der Waals surface area contributed by atoms with E-state index in [-0.39, 0.29) is 23.9 Å². The highest BCUT2D eigenvalue weighted by molar-refractivity contribution is 5.43. The average molecular weight is 330 g/mol. The molecule has 0 atom stereocenters. The van der Waals surface area contributed by atoms with Crippen LogP contribution in [0.1, 0.15) is 23.0 Å². The summed E-state index contributed by atoms with van der Waals surface area (Å²) in [5.41, 5.74) is -1.03. The summed E-state index contributed by atoms with van der Waals surface area (Å²) in [6, 6.07) is 6.27. The van der Waals surface area contributed by atoms with Crippen molar-refractivity contribution < 1.29 is 19.0 Å². The van der Waals surface area contributed by atoms with E-state index >= 15 is 0 Å². The molecular formula is C16H14N2O6. The number of aromatic nitrogens is 2. The van der Waals surface area contributed by atoms with E-state index in [4.69, 9.17) is 19.0 Å². The largest absolute Gasteiger partial charge is 0.459 e. The van der Waals surface area contributed by atoms with E-state index in [1.807, 2.05) is 0 Å². The third-order valence-electron chi connectivity index (χ3n) is 3.24. The van der Waals surface area contributed by atoms with Crippen molar-refractivity contribution in [1.29, 1.82) is 0 Å². The lowest BCUT2D eigenvalue weighted by Crippen LogP contribution is -2.46. The minimum atomic E-state index is -0.517. The summed E-state index contributed by atoms with van der Waals surface area (Å²) in [4.78, 5) is 29.1. The lowest BCUT2D eigenvalue weighted by atomic mass is 10.3. The first-order valence-corrected chi connectivity index (χ1v) is 7.04. The number of aliphatic hydroxyl groups is 2. The maximum absolute atomic E-state index is 12.1. The molecule has 0 amide bonds. The van der Waals surface area contributed by atoms with Gasteiger partial charge in [0.25, 0.3) is 11.1 Å². The number of H-pyrrole nitrogens is 2. The van der Waals surface area contributed by atoms with Crippen LogP contribution >= 0.6 is 0 Å². The second kappa shape index (κ2) is 6.57. The first-order chi connectivity index (χ1) is 11.6. The Balaban J connectivity index is 2.05. The molecule has 8 nitrogen and oxygen atoms in total. The van der Waals surface area contributed by atoms with Crippen LogP contribution < -0.4 is 21.8 Å². The Labute approximate surface area is 134 Å². The van der Waals surface area contributed by atoms with Crippen LogP contribution in [0.4, 0.5) is 0 Å². The van der Waals surface area contributed by atoms with Gasteiger partial charge in [-0.2, -0.15) is 0 Å². The molecule has 0 aliphatic carbocycles. The lowest BCUT2D eigenvalue weighted by Gasteiger charge is -1.91.